The third-order valence-corrected chi connectivity index (χ3v) is 7.69. The van der Waals surface area contributed by atoms with E-state index < -0.39 is 19.8 Å². The maximum atomic E-state index is 12.4. The fourth-order valence-corrected chi connectivity index (χ4v) is 5.27. The highest BCUT2D eigenvalue weighted by molar-refractivity contribution is 8.13. The highest BCUT2D eigenvalue weighted by Gasteiger charge is 2.37. The lowest BCUT2D eigenvalue weighted by atomic mass is 9.91. The van der Waals surface area contributed by atoms with Crippen LogP contribution < -0.4 is 11.1 Å². The summed E-state index contributed by atoms with van der Waals surface area (Å²) in [6.07, 6.45) is 3.03. The van der Waals surface area contributed by atoms with Crippen LogP contribution >= 0.6 is 20.0 Å². The lowest BCUT2D eigenvalue weighted by molar-refractivity contribution is -0.118. The predicted molar refractivity (Wildman–Crippen MR) is 133 cm³/mol. The average Bonchev–Trinajstić information content (AvgIpc) is 3.43. The predicted octanol–water partition coefficient (Wildman–Crippen LogP) is 3.05. The lowest BCUT2D eigenvalue weighted by Crippen LogP contribution is -2.31. The number of thioether (sulfide) groups is 1. The molecule has 3 N–H and O–H groups in total. The molecule has 36 heavy (non-hydrogen) atoms. The van der Waals surface area contributed by atoms with Gasteiger partial charge in [0.25, 0.3) is 0 Å². The zero-order chi connectivity index (χ0) is 26.3. The molecule has 3 rings (SSSR count). The summed E-state index contributed by atoms with van der Waals surface area (Å²) in [7, 11) is -1.07. The first-order valence-electron chi connectivity index (χ1n) is 11.4. The zero-order valence-electron chi connectivity index (χ0n) is 20.7. The van der Waals surface area contributed by atoms with Gasteiger partial charge in [0.1, 0.15) is 31.3 Å². The van der Waals surface area contributed by atoms with Crippen molar-refractivity contribution in [2.24, 2.45) is 11.3 Å². The molecule has 0 aromatic carbocycles. The molecule has 0 aliphatic carbocycles. The van der Waals surface area contributed by atoms with Crippen LogP contribution in [0.15, 0.2) is 12.7 Å². The Hall–Kier alpha value is -2.38. The van der Waals surface area contributed by atoms with Crippen LogP contribution in [0.5, 0.6) is 0 Å². The van der Waals surface area contributed by atoms with Gasteiger partial charge in [-0.3, -0.25) is 9.36 Å². The van der Waals surface area contributed by atoms with Crippen molar-refractivity contribution in [2.75, 3.05) is 38.4 Å². The van der Waals surface area contributed by atoms with E-state index in [1.807, 2.05) is 11.5 Å². The summed E-state index contributed by atoms with van der Waals surface area (Å²) in [5.74, 6) is 0.770. The summed E-state index contributed by atoms with van der Waals surface area (Å²) >= 11 is 1.09. The fourth-order valence-electron chi connectivity index (χ4n) is 3.70. The molecular formula is C21H32N6O7PS+. The molecule has 1 fully saturated rings. The number of nitrogens with zero attached hydrogens (tertiary/aromatic N) is 4. The molecule has 1 aliphatic heterocycles. The number of hydrogen-bond acceptors (Lipinski definition) is 12. The molecule has 2 aromatic heterocycles. The molecule has 0 bridgehead atoms. The number of hydrogen-bond donors (Lipinski definition) is 2. The van der Waals surface area contributed by atoms with Crippen LogP contribution in [0.4, 0.5) is 10.6 Å². The second kappa shape index (κ2) is 12.7. The van der Waals surface area contributed by atoms with Gasteiger partial charge in [-0.15, -0.1) is 9.05 Å². The largest absolute Gasteiger partial charge is 0.697 e. The van der Waals surface area contributed by atoms with E-state index in [1.54, 1.807) is 20.2 Å². The van der Waals surface area contributed by atoms with Crippen LogP contribution in [0, 0.1) is 11.3 Å². The number of nitrogen functional groups attached to an aromatic ring is 1. The highest BCUT2D eigenvalue weighted by atomic mass is 32.2. The maximum absolute atomic E-state index is 12.4. The van der Waals surface area contributed by atoms with Crippen molar-refractivity contribution in [3.8, 4) is 0 Å². The summed E-state index contributed by atoms with van der Waals surface area (Å²) in [5.41, 5.74) is 6.32. The molecule has 15 heteroatoms. The van der Waals surface area contributed by atoms with Crippen LogP contribution in [-0.2, 0) is 27.9 Å². The molecule has 0 saturated carbocycles. The van der Waals surface area contributed by atoms with Crippen molar-refractivity contribution in [1.82, 2.24) is 24.8 Å². The minimum atomic E-state index is -2.35. The first-order valence-corrected chi connectivity index (χ1v) is 13.5. The number of anilines is 1. The Morgan fingerprint density at radius 2 is 2.11 bits per heavy atom. The SMILES string of the molecule is COC(=O)NCCC(C)(C)C(=O)SCCO[P+](=O)OCC1CC(C)C(n2cnc3c(N)ncnc32)O1. The van der Waals surface area contributed by atoms with E-state index >= 15 is 0 Å². The Kier molecular flexibility index (Phi) is 9.97. The third kappa shape index (κ3) is 7.32. The first kappa shape index (κ1) is 28.2. The Morgan fingerprint density at radius 1 is 1.33 bits per heavy atom. The van der Waals surface area contributed by atoms with Crippen LogP contribution in [0.3, 0.4) is 0 Å². The number of fused-ring (bicyclic) bond motifs is 1. The highest BCUT2D eigenvalue weighted by Crippen LogP contribution is 2.37. The van der Waals surface area contributed by atoms with Gasteiger partial charge in [-0.1, -0.05) is 32.5 Å². The molecule has 1 amide bonds. The Labute approximate surface area is 214 Å². The quantitative estimate of drug-likeness (QED) is 0.297. The van der Waals surface area contributed by atoms with Gasteiger partial charge in [0.05, 0.1) is 19.5 Å². The number of amides is 1. The number of carbonyl (C=O) groups excluding carboxylic acids is 2. The van der Waals surface area contributed by atoms with Crippen molar-refractivity contribution >= 4 is 48.2 Å². The molecule has 0 spiro atoms. The van der Waals surface area contributed by atoms with E-state index in [1.165, 1.54) is 13.4 Å². The lowest BCUT2D eigenvalue weighted by Gasteiger charge is -2.22. The van der Waals surface area contributed by atoms with E-state index in [0.717, 1.165) is 11.8 Å². The Balaban J connectivity index is 1.35. The van der Waals surface area contributed by atoms with Gasteiger partial charge in [-0.25, -0.2) is 19.7 Å². The van der Waals surface area contributed by atoms with Crippen molar-refractivity contribution in [3.63, 3.8) is 0 Å². The zero-order valence-corrected chi connectivity index (χ0v) is 22.4. The number of ether oxygens (including phenoxy) is 2. The van der Waals surface area contributed by atoms with Crippen LogP contribution in [0.1, 0.15) is 39.8 Å². The van der Waals surface area contributed by atoms with Crippen LogP contribution in [-0.4, -0.2) is 69.5 Å². The summed E-state index contributed by atoms with van der Waals surface area (Å²) in [4.78, 5) is 36.0. The number of alkyl carbamates (subject to hydrolysis) is 1. The normalized spacial score (nSPS) is 20.4. The molecule has 1 saturated heterocycles. The van der Waals surface area contributed by atoms with Crippen molar-refractivity contribution < 1.29 is 32.7 Å². The van der Waals surface area contributed by atoms with Crippen molar-refractivity contribution in [3.05, 3.63) is 12.7 Å². The summed E-state index contributed by atoms with van der Waals surface area (Å²) in [5, 5.41) is 2.51. The minimum absolute atomic E-state index is 0.0488. The van der Waals surface area contributed by atoms with Crippen LogP contribution in [0.25, 0.3) is 11.2 Å². The molecule has 3 heterocycles. The molecule has 0 radical (unpaired) electrons. The number of imidazole rings is 1. The van der Waals surface area contributed by atoms with E-state index in [9.17, 15) is 14.2 Å². The molecule has 4 atom stereocenters. The summed E-state index contributed by atoms with van der Waals surface area (Å²) in [6.45, 7) is 6.16. The number of aromatic nitrogens is 4. The second-order valence-electron chi connectivity index (χ2n) is 8.99. The van der Waals surface area contributed by atoms with Gasteiger partial charge >= 0.3 is 14.3 Å². The van der Waals surface area contributed by atoms with E-state index in [2.05, 4.69) is 25.0 Å². The average molecular weight is 544 g/mol. The third-order valence-electron chi connectivity index (χ3n) is 5.75. The molecule has 13 nitrogen and oxygen atoms in total. The van der Waals surface area contributed by atoms with Gasteiger partial charge in [-0.05, 0) is 12.8 Å². The van der Waals surface area contributed by atoms with Gasteiger partial charge in [-0.2, -0.15) is 0 Å². The maximum Gasteiger partial charge on any atom is 0.697 e. The Bertz CT molecular complexity index is 1080. The smallest absolute Gasteiger partial charge is 0.453 e. The summed E-state index contributed by atoms with van der Waals surface area (Å²) < 4.78 is 35.1. The van der Waals surface area contributed by atoms with E-state index in [-0.39, 0.29) is 36.6 Å². The molecule has 1 aliphatic rings. The van der Waals surface area contributed by atoms with Gasteiger partial charge in [0.15, 0.2) is 16.6 Å². The van der Waals surface area contributed by atoms with E-state index in [4.69, 9.17) is 19.5 Å². The topological polar surface area (TPSA) is 170 Å². The number of nitrogens with one attached hydrogen (secondary N) is 1. The number of methoxy groups -OCH3 is 1. The second-order valence-corrected chi connectivity index (χ2v) is 11.0. The summed E-state index contributed by atoms with van der Waals surface area (Å²) in [6, 6.07) is 0. The minimum Gasteiger partial charge on any atom is -0.453 e. The fraction of sp³-hybridized carbons (Fsp3) is 0.667. The van der Waals surface area contributed by atoms with Gasteiger partial charge in [0, 0.05) is 28.2 Å². The monoisotopic (exact) mass is 543 g/mol. The number of rotatable bonds is 12. The number of nitrogens with two attached hydrogens (primary N) is 1. The molecular weight excluding hydrogens is 511 g/mol. The Morgan fingerprint density at radius 3 is 2.86 bits per heavy atom. The van der Waals surface area contributed by atoms with Crippen LogP contribution in [0.2, 0.25) is 0 Å². The van der Waals surface area contributed by atoms with Gasteiger partial charge in [0.2, 0.25) is 0 Å². The standard InChI is InChI=1S/C21H31N6O7PS/c1-13-9-14(34-18(13)27-12-26-15-16(22)24-11-25-17(15)27)10-33-35(30)32-7-8-36-19(28)21(2,3)5-6-23-20(29)31-4/h11-14,18H,5-10H2,1-4H3,(H2-,22,23,24,25,29)/p+1. The molecule has 2 aromatic rings. The molecule has 198 valence electrons. The van der Waals surface area contributed by atoms with Crippen molar-refractivity contribution in [2.45, 2.75) is 45.9 Å². The number of carbonyl (C=O) groups is 2. The molecule has 4 unspecified atom stereocenters. The van der Waals surface area contributed by atoms with Gasteiger partial charge < -0.3 is 20.5 Å². The van der Waals surface area contributed by atoms with Crippen molar-refractivity contribution in [1.29, 1.82) is 0 Å². The van der Waals surface area contributed by atoms with E-state index in [0.29, 0.717) is 42.1 Å². The first-order chi connectivity index (χ1) is 17.1.